The smallest absolute Gasteiger partial charge is 0.337 e. The Morgan fingerprint density at radius 3 is 2.00 bits per heavy atom. The van der Waals surface area contributed by atoms with Crippen molar-refractivity contribution in [2.75, 3.05) is 14.2 Å². The SMILES string of the molecule is COC(=O)c1ccc(/C=C/c2ccc3c(c2)C(C)(C)N(OC)C3(C)C)cc1. The maximum atomic E-state index is 11.5. The van der Waals surface area contributed by atoms with Gasteiger partial charge in [0.05, 0.1) is 30.9 Å². The first-order chi connectivity index (χ1) is 12.7. The molecule has 2 aromatic rings. The fraction of sp³-hybridized carbons (Fsp3) is 0.348. The van der Waals surface area contributed by atoms with Crippen LogP contribution in [-0.2, 0) is 20.7 Å². The van der Waals surface area contributed by atoms with Gasteiger partial charge < -0.3 is 9.57 Å². The molecule has 0 saturated heterocycles. The van der Waals surface area contributed by atoms with Crippen molar-refractivity contribution in [2.45, 2.75) is 38.8 Å². The lowest BCUT2D eigenvalue weighted by molar-refractivity contribution is -0.241. The van der Waals surface area contributed by atoms with E-state index in [1.807, 2.05) is 18.2 Å². The molecule has 0 amide bonds. The lowest BCUT2D eigenvalue weighted by Crippen LogP contribution is -2.44. The second-order valence-corrected chi connectivity index (χ2v) is 7.85. The Morgan fingerprint density at radius 2 is 1.41 bits per heavy atom. The van der Waals surface area contributed by atoms with Crippen molar-refractivity contribution < 1.29 is 14.4 Å². The molecule has 2 aromatic carbocycles. The summed E-state index contributed by atoms with van der Waals surface area (Å²) in [6.45, 7) is 8.73. The Balaban J connectivity index is 1.88. The van der Waals surface area contributed by atoms with Crippen LogP contribution in [0.5, 0.6) is 0 Å². The summed E-state index contributed by atoms with van der Waals surface area (Å²) < 4.78 is 4.73. The summed E-state index contributed by atoms with van der Waals surface area (Å²) in [6.07, 6.45) is 4.13. The molecule has 1 heterocycles. The third-order valence-corrected chi connectivity index (χ3v) is 5.36. The van der Waals surface area contributed by atoms with Gasteiger partial charge in [0.1, 0.15) is 0 Å². The van der Waals surface area contributed by atoms with Crippen LogP contribution in [0, 0.1) is 0 Å². The van der Waals surface area contributed by atoms with Gasteiger partial charge in [-0.2, -0.15) is 5.06 Å². The molecule has 27 heavy (non-hydrogen) atoms. The number of ether oxygens (including phenoxy) is 1. The second-order valence-electron chi connectivity index (χ2n) is 7.85. The van der Waals surface area contributed by atoms with Crippen LogP contribution < -0.4 is 0 Å². The summed E-state index contributed by atoms with van der Waals surface area (Å²) >= 11 is 0. The number of methoxy groups -OCH3 is 1. The van der Waals surface area contributed by atoms with E-state index in [-0.39, 0.29) is 17.0 Å². The molecule has 0 bridgehead atoms. The van der Waals surface area contributed by atoms with Crippen LogP contribution >= 0.6 is 0 Å². The van der Waals surface area contributed by atoms with Crippen molar-refractivity contribution in [3.8, 4) is 0 Å². The minimum absolute atomic E-state index is 0.181. The van der Waals surface area contributed by atoms with E-state index in [1.165, 1.54) is 18.2 Å². The molecule has 4 nitrogen and oxygen atoms in total. The quantitative estimate of drug-likeness (QED) is 0.565. The molecule has 0 fully saturated rings. The van der Waals surface area contributed by atoms with E-state index in [2.05, 4.69) is 57.0 Å². The summed E-state index contributed by atoms with van der Waals surface area (Å²) in [4.78, 5) is 17.2. The first-order valence-electron chi connectivity index (χ1n) is 9.07. The van der Waals surface area contributed by atoms with E-state index in [4.69, 9.17) is 9.57 Å². The molecule has 3 rings (SSSR count). The van der Waals surface area contributed by atoms with Gasteiger partial charge in [-0.15, -0.1) is 0 Å². The molecule has 4 heteroatoms. The maximum absolute atomic E-state index is 11.5. The molecule has 0 spiro atoms. The van der Waals surface area contributed by atoms with Crippen LogP contribution in [0.1, 0.15) is 60.3 Å². The number of hydroxylamine groups is 2. The summed E-state index contributed by atoms with van der Waals surface area (Å²) in [5.41, 5.74) is 4.88. The summed E-state index contributed by atoms with van der Waals surface area (Å²) in [5.74, 6) is -0.323. The van der Waals surface area contributed by atoms with Crippen LogP contribution in [0.25, 0.3) is 12.2 Å². The fourth-order valence-electron chi connectivity index (χ4n) is 4.12. The summed E-state index contributed by atoms with van der Waals surface area (Å²) in [7, 11) is 3.12. The third-order valence-electron chi connectivity index (χ3n) is 5.36. The molecule has 1 aliphatic heterocycles. The van der Waals surface area contributed by atoms with Crippen LogP contribution in [0.15, 0.2) is 42.5 Å². The molecule has 0 saturated carbocycles. The maximum Gasteiger partial charge on any atom is 0.337 e. The van der Waals surface area contributed by atoms with Gasteiger partial charge in [0.25, 0.3) is 0 Å². The molecule has 1 aliphatic rings. The summed E-state index contributed by atoms with van der Waals surface area (Å²) in [5, 5.41) is 2.06. The molecular formula is C23H27NO3. The van der Waals surface area contributed by atoms with Crippen molar-refractivity contribution in [3.05, 3.63) is 70.3 Å². The minimum Gasteiger partial charge on any atom is -0.465 e. The predicted octanol–water partition coefficient (Wildman–Crippen LogP) is 4.99. The number of fused-ring (bicyclic) bond motifs is 1. The molecule has 0 N–H and O–H groups in total. The van der Waals surface area contributed by atoms with E-state index in [1.54, 1.807) is 19.2 Å². The number of carbonyl (C=O) groups is 1. The lowest BCUT2D eigenvalue weighted by Gasteiger charge is -2.38. The number of nitrogens with zero attached hydrogens (tertiary/aromatic N) is 1. The number of benzene rings is 2. The molecule has 0 radical (unpaired) electrons. The Bertz CT molecular complexity index is 879. The Labute approximate surface area is 161 Å². The lowest BCUT2D eigenvalue weighted by atomic mass is 9.89. The van der Waals surface area contributed by atoms with E-state index >= 15 is 0 Å². The van der Waals surface area contributed by atoms with Gasteiger partial charge in [0.2, 0.25) is 0 Å². The Morgan fingerprint density at radius 1 is 0.852 bits per heavy atom. The number of carbonyl (C=O) groups excluding carboxylic acids is 1. The number of rotatable bonds is 4. The zero-order chi connectivity index (χ0) is 19.8. The zero-order valence-electron chi connectivity index (χ0n) is 16.9. The molecule has 0 atom stereocenters. The Hall–Kier alpha value is -2.43. The molecule has 142 valence electrons. The van der Waals surface area contributed by atoms with E-state index in [9.17, 15) is 4.79 Å². The van der Waals surface area contributed by atoms with Crippen molar-refractivity contribution in [3.63, 3.8) is 0 Å². The monoisotopic (exact) mass is 365 g/mol. The molecule has 0 unspecified atom stereocenters. The van der Waals surface area contributed by atoms with Gasteiger partial charge >= 0.3 is 5.97 Å². The first-order valence-corrected chi connectivity index (χ1v) is 9.07. The second kappa shape index (κ2) is 6.95. The fourth-order valence-corrected chi connectivity index (χ4v) is 4.12. The molecule has 0 aromatic heterocycles. The number of esters is 1. The average molecular weight is 365 g/mol. The zero-order valence-corrected chi connectivity index (χ0v) is 16.9. The van der Waals surface area contributed by atoms with Crippen LogP contribution in [0.4, 0.5) is 0 Å². The van der Waals surface area contributed by atoms with Crippen LogP contribution in [-0.4, -0.2) is 25.3 Å². The van der Waals surface area contributed by atoms with Crippen LogP contribution in [0.3, 0.4) is 0 Å². The first kappa shape index (κ1) is 19.3. The van der Waals surface area contributed by atoms with Gasteiger partial charge in [-0.05, 0) is 68.1 Å². The van der Waals surface area contributed by atoms with Gasteiger partial charge in [-0.3, -0.25) is 0 Å². The van der Waals surface area contributed by atoms with Gasteiger partial charge in [0.15, 0.2) is 0 Å². The number of hydrogen-bond donors (Lipinski definition) is 0. The average Bonchev–Trinajstić information content (AvgIpc) is 2.81. The highest BCUT2D eigenvalue weighted by Gasteiger charge is 2.49. The highest BCUT2D eigenvalue weighted by molar-refractivity contribution is 5.89. The number of hydrogen-bond acceptors (Lipinski definition) is 4. The van der Waals surface area contributed by atoms with Crippen LogP contribution in [0.2, 0.25) is 0 Å². The third kappa shape index (κ3) is 3.31. The normalized spacial score (nSPS) is 17.9. The topological polar surface area (TPSA) is 38.8 Å². The standard InChI is InChI=1S/C23H27NO3/c1-22(2)19-14-11-17(15-20(19)23(3,4)24(22)27-6)8-7-16-9-12-18(13-10-16)21(25)26-5/h7-15H,1-6H3/b8-7+. The van der Waals surface area contributed by atoms with E-state index < -0.39 is 0 Å². The highest BCUT2D eigenvalue weighted by Crippen LogP contribution is 2.49. The van der Waals surface area contributed by atoms with Gasteiger partial charge in [-0.25, -0.2) is 4.79 Å². The predicted molar refractivity (Wildman–Crippen MR) is 108 cm³/mol. The Kier molecular flexibility index (Phi) is 4.98. The molecular weight excluding hydrogens is 338 g/mol. The van der Waals surface area contributed by atoms with E-state index in [0.717, 1.165) is 11.1 Å². The van der Waals surface area contributed by atoms with E-state index in [0.29, 0.717) is 5.56 Å². The summed E-state index contributed by atoms with van der Waals surface area (Å²) in [6, 6.07) is 13.9. The van der Waals surface area contributed by atoms with Crippen molar-refractivity contribution >= 4 is 18.1 Å². The highest BCUT2D eigenvalue weighted by atomic mass is 16.7. The van der Waals surface area contributed by atoms with Crippen molar-refractivity contribution in [1.82, 2.24) is 5.06 Å². The minimum atomic E-state index is -0.323. The molecule has 0 aliphatic carbocycles. The van der Waals surface area contributed by atoms with Gasteiger partial charge in [-0.1, -0.05) is 36.4 Å². The largest absolute Gasteiger partial charge is 0.465 e. The van der Waals surface area contributed by atoms with Crippen molar-refractivity contribution in [2.24, 2.45) is 0 Å². The van der Waals surface area contributed by atoms with Gasteiger partial charge in [0, 0.05) is 0 Å². The van der Waals surface area contributed by atoms with Crippen molar-refractivity contribution in [1.29, 1.82) is 0 Å².